The van der Waals surface area contributed by atoms with E-state index in [-0.39, 0.29) is 24.2 Å². The average Bonchev–Trinajstić information content (AvgIpc) is 1.61. The van der Waals surface area contributed by atoms with Crippen LogP contribution in [0.4, 0.5) is 21.5 Å². The largest absolute Gasteiger partial charge is 0.494 e. The van der Waals surface area contributed by atoms with Gasteiger partial charge in [0.25, 0.3) is 0 Å². The number of fused-ring (bicyclic) bond motifs is 2. The van der Waals surface area contributed by atoms with Crippen molar-refractivity contribution in [3.8, 4) is 33.6 Å². The number of rotatable bonds is 20. The van der Waals surface area contributed by atoms with Gasteiger partial charge in [0, 0.05) is 104 Å². The molecule has 508 valence electrons. The minimum Gasteiger partial charge on any atom is -0.444 e. The molecule has 26 heteroatoms. The first-order valence-electron chi connectivity index (χ1n) is 32.6. The van der Waals surface area contributed by atoms with Gasteiger partial charge in [0.2, 0.25) is 11.9 Å². The van der Waals surface area contributed by atoms with Gasteiger partial charge in [-0.2, -0.15) is 0 Å². The fraction of sp³-hybridized carbons (Fsp3) is 0.529. The highest BCUT2D eigenvalue weighted by Gasteiger charge is 2.33. The molecular weight excluding hydrogens is 1290 g/mol. The second-order valence-electron chi connectivity index (χ2n) is 29.2. The zero-order valence-electron chi connectivity index (χ0n) is 58.3. The van der Waals surface area contributed by atoms with Crippen molar-refractivity contribution in [3.63, 3.8) is 0 Å². The van der Waals surface area contributed by atoms with Crippen LogP contribution in [0.3, 0.4) is 0 Å². The van der Waals surface area contributed by atoms with E-state index >= 15 is 0 Å². The normalized spacial score (nSPS) is 16.7. The highest BCUT2D eigenvalue weighted by atomic mass is 79.9. The number of carbonyl (C=O) groups is 2. The number of hydrogen-bond donors (Lipinski definition) is 6. The molecular formula is C68H98BBrN12O10Si2. The Morgan fingerprint density at radius 1 is 0.628 bits per heavy atom. The molecule has 8 aromatic rings. The summed E-state index contributed by atoms with van der Waals surface area (Å²) in [7, 11) is -3.85. The Labute approximate surface area is 564 Å². The van der Waals surface area contributed by atoms with Crippen molar-refractivity contribution in [2.75, 3.05) is 23.8 Å². The molecule has 0 unspecified atom stereocenters. The lowest BCUT2D eigenvalue weighted by Gasteiger charge is -2.25. The third kappa shape index (κ3) is 20.1. The molecule has 0 aliphatic heterocycles. The summed E-state index contributed by atoms with van der Waals surface area (Å²) in [6.07, 6.45) is 12.8. The smallest absolute Gasteiger partial charge is 0.444 e. The molecule has 2 fully saturated rings. The minimum atomic E-state index is -1.48. The SMILES string of the molecule is Cc1cnc(N[C@H]2CCC[C@@H]2NC(=O)OC(C)(C)C)nc1-c1cn(COCC[Si](C)(C)C)c2cc(-c3c(C)noc3C)ccc12.Cc1cnc(N[C@H]2CCC[C@@H]2NC(=O)OC(C)(C)C)nc1-c1cn(COCC[Si](C)(C)C)c2cc(Br)ccc12.Cc1noc(C)c1B(O)O. The molecule has 22 nitrogen and oxygen atoms in total. The fourth-order valence-corrected chi connectivity index (χ4v) is 13.4. The van der Waals surface area contributed by atoms with Gasteiger partial charge in [-0.3, -0.25) is 0 Å². The van der Waals surface area contributed by atoms with E-state index in [2.05, 4.69) is 159 Å². The van der Waals surface area contributed by atoms with Crippen molar-refractivity contribution in [1.29, 1.82) is 0 Å². The molecule has 6 aromatic heterocycles. The van der Waals surface area contributed by atoms with Gasteiger partial charge in [-0.05, 0) is 169 Å². The Bertz CT molecular complexity index is 3860. The first-order valence-corrected chi connectivity index (χ1v) is 40.8. The van der Waals surface area contributed by atoms with Crippen molar-refractivity contribution >= 4 is 90.5 Å². The third-order valence-corrected chi connectivity index (χ3v) is 20.3. The Balaban J connectivity index is 0.000000211. The number of carbonyl (C=O) groups excluding carboxylic acids is 2. The van der Waals surface area contributed by atoms with E-state index < -0.39 is 46.7 Å². The van der Waals surface area contributed by atoms with E-state index in [1.54, 1.807) is 13.8 Å². The van der Waals surface area contributed by atoms with E-state index in [1.807, 2.05) is 81.6 Å². The first kappa shape index (κ1) is 72.9. The summed E-state index contributed by atoms with van der Waals surface area (Å²) < 4.78 is 38.8. The molecule has 2 saturated carbocycles. The minimum absolute atomic E-state index is 0.00629. The van der Waals surface area contributed by atoms with Crippen LogP contribution in [0.5, 0.6) is 0 Å². The topological polar surface area (TPSA) is 273 Å². The zero-order valence-corrected chi connectivity index (χ0v) is 61.8. The molecule has 10 rings (SSSR count). The number of amides is 2. The monoisotopic (exact) mass is 1390 g/mol. The summed E-state index contributed by atoms with van der Waals surface area (Å²) in [6, 6.07) is 14.9. The van der Waals surface area contributed by atoms with E-state index in [0.29, 0.717) is 42.3 Å². The van der Waals surface area contributed by atoms with Crippen LogP contribution in [0.25, 0.3) is 55.4 Å². The molecule has 0 radical (unpaired) electrons. The Morgan fingerprint density at radius 3 is 1.47 bits per heavy atom. The van der Waals surface area contributed by atoms with Crippen molar-refractivity contribution < 1.29 is 47.6 Å². The van der Waals surface area contributed by atoms with E-state index in [1.165, 1.54) is 0 Å². The lowest BCUT2D eigenvalue weighted by Crippen LogP contribution is -2.45. The number of hydrogen-bond acceptors (Lipinski definition) is 18. The maximum absolute atomic E-state index is 12.5. The Hall–Kier alpha value is -6.94. The number of aryl methyl sites for hydroxylation is 6. The molecule has 2 aliphatic rings. The predicted octanol–water partition coefficient (Wildman–Crippen LogP) is 14.2. The van der Waals surface area contributed by atoms with Crippen LogP contribution in [0.2, 0.25) is 51.4 Å². The van der Waals surface area contributed by atoms with Gasteiger partial charge in [0.15, 0.2) is 0 Å². The number of ether oxygens (including phenoxy) is 4. The molecule has 94 heavy (non-hydrogen) atoms. The molecule has 4 atom stereocenters. The average molecular weight is 1390 g/mol. The summed E-state index contributed by atoms with van der Waals surface area (Å²) in [5, 5.41) is 40.4. The number of aromatic nitrogens is 8. The van der Waals surface area contributed by atoms with E-state index in [0.717, 1.165) is 146 Å². The maximum atomic E-state index is 12.5. The maximum Gasteiger partial charge on any atom is 0.494 e. The number of nitrogens with one attached hydrogen (secondary N) is 4. The molecule has 0 saturated heterocycles. The lowest BCUT2D eigenvalue weighted by atomic mass is 9.79. The highest BCUT2D eigenvalue weighted by molar-refractivity contribution is 9.10. The van der Waals surface area contributed by atoms with Crippen LogP contribution in [-0.2, 0) is 32.4 Å². The lowest BCUT2D eigenvalue weighted by molar-refractivity contribution is 0.0491. The number of halogens is 1. The fourth-order valence-electron chi connectivity index (χ4n) is 11.6. The summed E-state index contributed by atoms with van der Waals surface area (Å²) in [4.78, 5) is 44.1. The zero-order chi connectivity index (χ0) is 68.6. The highest BCUT2D eigenvalue weighted by Crippen LogP contribution is 2.38. The number of nitrogens with zero attached hydrogens (tertiary/aromatic N) is 8. The van der Waals surface area contributed by atoms with E-state index in [9.17, 15) is 9.59 Å². The van der Waals surface area contributed by atoms with Crippen molar-refractivity contribution in [2.24, 2.45) is 0 Å². The van der Waals surface area contributed by atoms with Crippen LogP contribution in [0.1, 0.15) is 114 Å². The Kier molecular flexibility index (Phi) is 23.9. The Morgan fingerprint density at radius 2 is 1.06 bits per heavy atom. The van der Waals surface area contributed by atoms with Crippen LogP contribution in [0, 0.1) is 41.5 Å². The van der Waals surface area contributed by atoms with Gasteiger partial charge in [-0.25, -0.2) is 29.5 Å². The summed E-state index contributed by atoms with van der Waals surface area (Å²) in [5.41, 5.74) is 10.7. The van der Waals surface area contributed by atoms with Crippen LogP contribution in [0.15, 0.2) is 74.7 Å². The first-order chi connectivity index (χ1) is 44.1. The molecule has 6 N–H and O–H groups in total. The molecule has 6 heterocycles. The van der Waals surface area contributed by atoms with Crippen LogP contribution < -0.4 is 26.7 Å². The van der Waals surface area contributed by atoms with Crippen molar-refractivity contribution in [2.45, 2.75) is 222 Å². The summed E-state index contributed by atoms with van der Waals surface area (Å²) >= 11 is 3.63. The molecule has 2 aliphatic carbocycles. The van der Waals surface area contributed by atoms with E-state index in [4.69, 9.17) is 43.5 Å². The number of benzene rings is 2. The summed E-state index contributed by atoms with van der Waals surface area (Å²) in [5.74, 6) is 2.35. The van der Waals surface area contributed by atoms with Gasteiger partial charge in [0.1, 0.15) is 36.2 Å². The second-order valence-corrected chi connectivity index (χ2v) is 41.4. The van der Waals surface area contributed by atoms with Gasteiger partial charge < -0.3 is 68.4 Å². The van der Waals surface area contributed by atoms with Gasteiger partial charge in [-0.15, -0.1) is 0 Å². The van der Waals surface area contributed by atoms with Crippen LogP contribution >= 0.6 is 15.9 Å². The standard InChI is InChI=1S/C34H48N6O4Si.C29H42BrN5O3Si.C5H8BNO3/c1-21-18-35-32(36-27-11-10-12-28(27)37-33(41)43-34(4,5)6)38-31(21)26-19-40(20-42-15-16-45(7,8)9)29-17-24(13-14-25(26)29)30-22(2)39-44-23(30)3;1-19-16-31-27(32-23-9-8-10-24(23)33-28(36)38-29(2,3)4)34-26(19)22-17-35(18-37-13-14-39(5,6)7)25-15-20(30)11-12-21(22)25;1-3-5(6(8)9)4(2)10-7-3/h13-14,17-19,27-28H,10-12,15-16,20H2,1-9H3,(H,37,41)(H,35,36,38);11-12,15-17,23-24H,8-10,13-14,18H2,1-7H3,(H,33,36)(H,31,32,34);8-9H,1-2H3/t27-,28-;23-,24-;/m00./s1. The summed E-state index contributed by atoms with van der Waals surface area (Å²) in [6.45, 7) is 39.1. The number of alkyl carbamates (subject to hydrolysis) is 2. The van der Waals surface area contributed by atoms with Crippen molar-refractivity contribution in [3.05, 3.63) is 99.7 Å². The molecule has 0 bridgehead atoms. The van der Waals surface area contributed by atoms with Gasteiger partial charge >= 0.3 is 19.3 Å². The number of anilines is 2. The molecule has 0 spiro atoms. The molecule has 2 amide bonds. The van der Waals surface area contributed by atoms with Gasteiger partial charge in [-0.1, -0.05) is 83.7 Å². The molecule has 2 aromatic carbocycles. The van der Waals surface area contributed by atoms with Crippen LogP contribution in [-0.4, -0.2) is 133 Å². The van der Waals surface area contributed by atoms with Crippen molar-refractivity contribution in [1.82, 2.24) is 50.0 Å². The quantitative estimate of drug-likeness (QED) is 0.0306. The second kappa shape index (κ2) is 30.9. The van der Waals surface area contributed by atoms with Gasteiger partial charge in [0.05, 0.1) is 45.9 Å². The third-order valence-electron chi connectivity index (χ3n) is 16.4. The predicted molar refractivity (Wildman–Crippen MR) is 381 cm³/mol.